The van der Waals surface area contributed by atoms with E-state index < -0.39 is 124 Å². The van der Waals surface area contributed by atoms with Gasteiger partial charge in [-0.15, -0.1) is 0 Å². The summed E-state index contributed by atoms with van der Waals surface area (Å²) < 4.78 is 84.1. The summed E-state index contributed by atoms with van der Waals surface area (Å²) in [5.74, 6) is -13.9. The molecule has 2 aliphatic carbocycles. The highest BCUT2D eigenvalue weighted by atomic mass is 19.1. The van der Waals surface area contributed by atoms with Gasteiger partial charge in [-0.25, -0.2) is 41.9 Å². The molecule has 2 aromatic carbocycles. The number of nitrogens with zero attached hydrogens (tertiary/aromatic N) is 4. The molecule has 19 nitrogen and oxygen atoms in total. The molecule has 4 heterocycles. The van der Waals surface area contributed by atoms with Gasteiger partial charge in [0.05, 0.1) is 24.1 Å². The molecule has 2 amide bonds. The zero-order valence-electron chi connectivity index (χ0n) is 47.1. The number of carboxylic acid groups (broad SMARTS) is 1. The minimum absolute atomic E-state index is 0.0365. The van der Waals surface area contributed by atoms with E-state index >= 15 is 0 Å². The van der Waals surface area contributed by atoms with Crippen LogP contribution >= 0.6 is 0 Å². The summed E-state index contributed by atoms with van der Waals surface area (Å²) in [6, 6.07) is 7.70. The van der Waals surface area contributed by atoms with Crippen LogP contribution in [0.1, 0.15) is 176 Å². The molecule has 4 aliphatic heterocycles. The van der Waals surface area contributed by atoms with Crippen LogP contribution in [0.2, 0.25) is 0 Å². The Kier molecular flexibility index (Phi) is 21.6. The molecule has 8 rings (SSSR count). The van der Waals surface area contributed by atoms with Gasteiger partial charge in [0.25, 0.3) is 11.6 Å². The summed E-state index contributed by atoms with van der Waals surface area (Å²) in [5, 5.41) is 9.31. The van der Waals surface area contributed by atoms with Gasteiger partial charge in [-0.2, -0.15) is 0 Å². The van der Waals surface area contributed by atoms with E-state index in [0.717, 1.165) is 40.1 Å². The van der Waals surface area contributed by atoms with E-state index in [4.69, 9.17) is 18.9 Å². The lowest BCUT2D eigenvalue weighted by Gasteiger charge is -2.34. The Morgan fingerprint density at radius 1 is 0.575 bits per heavy atom. The van der Waals surface area contributed by atoms with E-state index in [1.807, 2.05) is 0 Å². The number of rotatable bonds is 7. The maximum atomic E-state index is 13.7. The van der Waals surface area contributed by atoms with E-state index in [1.165, 1.54) is 91.9 Å². The lowest BCUT2D eigenvalue weighted by atomic mass is 9.90. The van der Waals surface area contributed by atoms with E-state index in [1.54, 1.807) is 41.5 Å². The Morgan fingerprint density at radius 3 is 1.27 bits per heavy atom. The minimum Gasteiger partial charge on any atom is -0.480 e. The molecule has 80 heavy (non-hydrogen) atoms. The van der Waals surface area contributed by atoms with Crippen LogP contribution < -0.4 is 0 Å². The molecule has 0 radical (unpaired) electrons. The molecule has 2 saturated carbocycles. The van der Waals surface area contributed by atoms with Gasteiger partial charge in [0.2, 0.25) is 5.92 Å². The normalized spacial score (nSPS) is 23.1. The number of hydrogen-bond acceptors (Lipinski definition) is 16. The number of benzene rings is 2. The van der Waals surface area contributed by atoms with Crippen molar-refractivity contribution < 1.29 is 89.4 Å². The standard InChI is InChI=1S/C22H25F2NO7.C16H19F2NO4.C13H22N2.C6H8O4/c1-21(2,3)32-20(29)25-10-12(11-6-13(23)9-14(24)7-11)8-15(25)17(26)16-18(27)30-22(4,5)31-19(16)28;1-16(2,3)23-15(22)19-8-10(6-13(19)14(20)21)9-4-11(17)7-12(18)5-9;1-3-7-12(8-4-1)14-11-15-13-9-5-2-6-10-13;1-6(2)9-4(7)3-5(8)10-6/h6-7,9,12,15-16H,8,10H2,1-5H3;4-5,7,10,13H,6,8H2,1-3H3,(H,20,21);12-13H,1-10H2;3H2,1-2H3/t12-,15?;10-,13?;;/m11../s1. The topological polar surface area (TPSA) is 243 Å². The number of ketones is 1. The Morgan fingerprint density at radius 2 is 0.925 bits per heavy atom. The number of ether oxygens (including phenoxy) is 6. The van der Waals surface area contributed by atoms with Crippen molar-refractivity contribution in [2.75, 3.05) is 13.1 Å². The Labute approximate surface area is 463 Å². The molecule has 2 aromatic rings. The second-order valence-corrected chi connectivity index (χ2v) is 23.5. The number of amides is 2. The highest BCUT2D eigenvalue weighted by Gasteiger charge is 2.53. The largest absolute Gasteiger partial charge is 0.480 e. The van der Waals surface area contributed by atoms with Crippen molar-refractivity contribution in [2.24, 2.45) is 15.9 Å². The summed E-state index contributed by atoms with van der Waals surface area (Å²) in [7, 11) is 0. The summed E-state index contributed by atoms with van der Waals surface area (Å²) in [4.78, 5) is 107. The van der Waals surface area contributed by atoms with Gasteiger partial charge in [0, 0.05) is 64.8 Å². The van der Waals surface area contributed by atoms with Crippen LogP contribution in [0.25, 0.3) is 0 Å². The Balaban J connectivity index is 0.000000213. The Bertz CT molecular complexity index is 2570. The van der Waals surface area contributed by atoms with Gasteiger partial charge in [-0.3, -0.25) is 33.8 Å². The zero-order chi connectivity index (χ0) is 59.5. The predicted molar refractivity (Wildman–Crippen MR) is 278 cm³/mol. The number of carbonyl (C=O) groups is 8. The summed E-state index contributed by atoms with van der Waals surface area (Å²) >= 11 is 0. The molecule has 4 saturated heterocycles. The maximum absolute atomic E-state index is 13.7. The first kappa shape index (κ1) is 63.9. The van der Waals surface area contributed by atoms with Gasteiger partial charge in [0.15, 0.2) is 5.78 Å². The average molecular weight is 1130 g/mol. The second kappa shape index (κ2) is 27.0. The highest BCUT2D eigenvalue weighted by Crippen LogP contribution is 2.38. The molecule has 0 aromatic heterocycles. The van der Waals surface area contributed by atoms with Crippen LogP contribution in [0.5, 0.6) is 0 Å². The number of likely N-dealkylation sites (tertiary alicyclic amines) is 2. The third-order valence-electron chi connectivity index (χ3n) is 13.3. The van der Waals surface area contributed by atoms with Gasteiger partial charge in [-0.05, 0) is 115 Å². The first-order chi connectivity index (χ1) is 37.2. The lowest BCUT2D eigenvalue weighted by Crippen LogP contribution is -2.54. The molecule has 23 heteroatoms. The second-order valence-electron chi connectivity index (χ2n) is 23.5. The van der Waals surface area contributed by atoms with Crippen LogP contribution in [0.15, 0.2) is 46.4 Å². The minimum atomic E-state index is -1.87. The fourth-order valence-electron chi connectivity index (χ4n) is 9.85. The number of hydrogen-bond donors (Lipinski definition) is 1. The van der Waals surface area contributed by atoms with Crippen LogP contribution in [0, 0.1) is 29.2 Å². The monoisotopic (exact) mass is 1130 g/mol. The molecule has 4 atom stereocenters. The van der Waals surface area contributed by atoms with Gasteiger partial charge in [0.1, 0.15) is 46.9 Å². The maximum Gasteiger partial charge on any atom is 0.411 e. The van der Waals surface area contributed by atoms with Crippen LogP contribution in [0.3, 0.4) is 0 Å². The third-order valence-corrected chi connectivity index (χ3v) is 13.3. The lowest BCUT2D eigenvalue weighted by molar-refractivity contribution is -0.239. The van der Waals surface area contributed by atoms with Crippen molar-refractivity contribution >= 4 is 53.8 Å². The molecule has 2 unspecified atom stereocenters. The summed E-state index contributed by atoms with van der Waals surface area (Å²) in [6.07, 6.45) is 11.3. The number of aliphatic carboxylic acids is 1. The summed E-state index contributed by atoms with van der Waals surface area (Å²) in [5.41, 5.74) is -1.08. The number of carbonyl (C=O) groups excluding carboxylic acids is 7. The first-order valence-electron chi connectivity index (χ1n) is 26.9. The molecule has 0 bridgehead atoms. The third kappa shape index (κ3) is 19.7. The molecule has 0 spiro atoms. The van der Waals surface area contributed by atoms with E-state index in [0.29, 0.717) is 23.7 Å². The van der Waals surface area contributed by atoms with Gasteiger partial charge >= 0.3 is 42.0 Å². The number of carboxylic acids is 1. The number of cyclic esters (lactones) is 4. The highest BCUT2D eigenvalue weighted by molar-refractivity contribution is 6.18. The number of halogens is 4. The van der Waals surface area contributed by atoms with E-state index in [9.17, 15) is 61.0 Å². The van der Waals surface area contributed by atoms with Crippen molar-refractivity contribution in [1.29, 1.82) is 0 Å². The molecule has 6 fully saturated rings. The van der Waals surface area contributed by atoms with E-state index in [2.05, 4.69) is 25.5 Å². The molecule has 6 aliphatic rings. The Hall–Kier alpha value is -6.90. The van der Waals surface area contributed by atoms with Gasteiger partial charge < -0.3 is 33.5 Å². The van der Waals surface area contributed by atoms with Gasteiger partial charge in [-0.1, -0.05) is 38.5 Å². The van der Waals surface area contributed by atoms with E-state index in [-0.39, 0.29) is 37.9 Å². The van der Waals surface area contributed by atoms with Crippen molar-refractivity contribution in [3.8, 4) is 0 Å². The molecule has 1 N–H and O–H groups in total. The SMILES string of the molecule is C(=NC1CCCCC1)=NC1CCCCC1.CC(C)(C)OC(=O)N1C[C@H](c2cc(F)cc(F)c2)CC1C(=O)C1C(=O)OC(C)(C)OC1=O.CC(C)(C)OC(=O)N1C[C@H](c2cc(F)cc(F)c2)CC1C(=O)O.CC1(C)OC(=O)CC(=O)O1. The van der Waals surface area contributed by atoms with Crippen molar-refractivity contribution in [2.45, 2.75) is 211 Å². The summed E-state index contributed by atoms with van der Waals surface area (Å²) in [6.45, 7) is 15.6. The first-order valence-corrected chi connectivity index (χ1v) is 26.9. The number of aliphatic imine (C=N–C) groups is 2. The van der Waals surface area contributed by atoms with Crippen molar-refractivity contribution in [1.82, 2.24) is 9.80 Å². The molecule has 440 valence electrons. The smallest absolute Gasteiger partial charge is 0.411 e. The number of Topliss-reactive ketones (excluding diaryl/α,β-unsaturated/α-hetero) is 1. The quantitative estimate of drug-likeness (QED) is 0.0891. The zero-order valence-corrected chi connectivity index (χ0v) is 47.1. The predicted octanol–water partition coefficient (Wildman–Crippen LogP) is 10.3. The average Bonchev–Trinajstić information content (AvgIpc) is 3.98. The molecular formula is C57H74F4N4O15. The van der Waals surface area contributed by atoms with Crippen LogP contribution in [-0.2, 0) is 57.2 Å². The fraction of sp³-hybridized carbons (Fsp3) is 0.632. The van der Waals surface area contributed by atoms with Crippen LogP contribution in [0.4, 0.5) is 27.2 Å². The van der Waals surface area contributed by atoms with Crippen LogP contribution in [-0.4, -0.2) is 129 Å². The van der Waals surface area contributed by atoms with Crippen molar-refractivity contribution in [3.63, 3.8) is 0 Å². The van der Waals surface area contributed by atoms with Crippen molar-refractivity contribution in [3.05, 3.63) is 70.8 Å². The number of esters is 4. The molecular weight excluding hydrogens is 1060 g/mol. The fourth-order valence-corrected chi connectivity index (χ4v) is 9.85.